The average Bonchev–Trinajstić information content (AvgIpc) is 2.94. The van der Waals surface area contributed by atoms with Crippen LogP contribution in [0.2, 0.25) is 0 Å². The molecule has 244 valence electrons. The van der Waals surface area contributed by atoms with Crippen LogP contribution in [0.1, 0.15) is 126 Å². The maximum Gasteiger partial charge on any atom is 0.230 e. The highest BCUT2D eigenvalue weighted by Gasteiger charge is 2.68. The van der Waals surface area contributed by atoms with Crippen molar-refractivity contribution in [3.63, 3.8) is 0 Å². The minimum absolute atomic E-state index is 0.00841. The van der Waals surface area contributed by atoms with Crippen molar-refractivity contribution in [2.45, 2.75) is 132 Å². The molecule has 1 amide bonds. The van der Waals surface area contributed by atoms with E-state index in [4.69, 9.17) is 0 Å². The van der Waals surface area contributed by atoms with Crippen LogP contribution in [-0.2, 0) is 4.79 Å². The zero-order chi connectivity index (χ0) is 31.1. The van der Waals surface area contributed by atoms with E-state index in [0.717, 1.165) is 90.6 Å². The lowest BCUT2D eigenvalue weighted by Gasteiger charge is -2.71. The van der Waals surface area contributed by atoms with Crippen molar-refractivity contribution >= 4 is 5.91 Å². The summed E-state index contributed by atoms with van der Waals surface area (Å²) in [6.07, 6.45) is 13.3. The Morgan fingerprint density at radius 2 is 1.53 bits per heavy atom. The van der Waals surface area contributed by atoms with Crippen LogP contribution in [0.4, 0.5) is 0 Å². The van der Waals surface area contributed by atoms with E-state index < -0.39 is 0 Å². The molecule has 1 saturated heterocycles. The Hall–Kier alpha value is -0.910. The molecule has 0 bridgehead atoms. The summed E-state index contributed by atoms with van der Waals surface area (Å²) in [5.41, 5.74) is 3.94. The lowest BCUT2D eigenvalue weighted by atomic mass is 9.34. The van der Waals surface area contributed by atoms with Gasteiger partial charge in [0.1, 0.15) is 0 Å². The van der Waals surface area contributed by atoms with Gasteiger partial charge in [0, 0.05) is 32.7 Å². The number of likely N-dealkylation sites (N-methyl/N-ethyl adjacent to an activating group) is 1. The SMILES string of the molecule is CN1CCN(CCCNC(=O)[C@]23CCC(C)(C)CC2=C2CC[C@@H]4[C@@]5(C)CC[C@H](O)C(C)(C)[C@@H]5CC[C@@]4(C)[C@]2(C)CC3)CC1. The summed E-state index contributed by atoms with van der Waals surface area (Å²) >= 11 is 0. The first kappa shape index (κ1) is 32.0. The van der Waals surface area contributed by atoms with Gasteiger partial charge in [-0.3, -0.25) is 4.79 Å². The van der Waals surface area contributed by atoms with Crippen LogP contribution in [0, 0.1) is 44.3 Å². The predicted octanol–water partition coefficient (Wildman–Crippen LogP) is 7.05. The Kier molecular flexibility index (Phi) is 8.07. The Labute approximate surface area is 264 Å². The maximum absolute atomic E-state index is 14.4. The number of rotatable bonds is 5. The van der Waals surface area contributed by atoms with E-state index in [1.807, 2.05) is 0 Å². The lowest BCUT2D eigenvalue weighted by Crippen LogP contribution is -2.64. The molecule has 0 unspecified atom stereocenters. The first-order valence-electron chi connectivity index (χ1n) is 18.2. The molecule has 1 aliphatic heterocycles. The van der Waals surface area contributed by atoms with Gasteiger partial charge in [-0.25, -0.2) is 0 Å². The second-order valence-corrected chi connectivity index (χ2v) is 18.4. The van der Waals surface area contributed by atoms with Crippen molar-refractivity contribution in [2.24, 2.45) is 44.3 Å². The number of amides is 1. The van der Waals surface area contributed by atoms with Crippen molar-refractivity contribution in [3.05, 3.63) is 11.1 Å². The number of aliphatic hydroxyl groups is 1. The van der Waals surface area contributed by atoms with Gasteiger partial charge in [0.15, 0.2) is 0 Å². The van der Waals surface area contributed by atoms with Gasteiger partial charge < -0.3 is 20.2 Å². The zero-order valence-electron chi connectivity index (χ0n) is 29.2. The predicted molar refractivity (Wildman–Crippen MR) is 177 cm³/mol. The van der Waals surface area contributed by atoms with E-state index in [0.29, 0.717) is 17.7 Å². The van der Waals surface area contributed by atoms with E-state index in [-0.39, 0.29) is 38.6 Å². The fourth-order valence-corrected chi connectivity index (χ4v) is 12.4. The minimum Gasteiger partial charge on any atom is -0.393 e. The third-order valence-electron chi connectivity index (χ3n) is 15.5. The minimum atomic E-state index is -0.292. The quantitative estimate of drug-likeness (QED) is 0.264. The topological polar surface area (TPSA) is 55.8 Å². The molecule has 0 aromatic carbocycles. The van der Waals surface area contributed by atoms with Crippen LogP contribution < -0.4 is 5.32 Å². The van der Waals surface area contributed by atoms with Gasteiger partial charge in [-0.05, 0) is 130 Å². The van der Waals surface area contributed by atoms with Gasteiger partial charge >= 0.3 is 0 Å². The first-order chi connectivity index (χ1) is 20.1. The van der Waals surface area contributed by atoms with Crippen LogP contribution >= 0.6 is 0 Å². The fraction of sp³-hybridized carbons (Fsp3) is 0.921. The number of allylic oxidation sites excluding steroid dienone is 1. The Balaban J connectivity index is 1.26. The third-order valence-corrected chi connectivity index (χ3v) is 15.5. The third kappa shape index (κ3) is 4.91. The van der Waals surface area contributed by atoms with Crippen molar-refractivity contribution in [1.82, 2.24) is 15.1 Å². The molecule has 6 rings (SSSR count). The molecule has 4 saturated carbocycles. The molecule has 1 heterocycles. The molecular weight excluding hydrogens is 530 g/mol. The van der Waals surface area contributed by atoms with Crippen LogP contribution in [0.25, 0.3) is 0 Å². The summed E-state index contributed by atoms with van der Waals surface area (Å²) in [5, 5.41) is 14.6. The number of aliphatic hydroxyl groups excluding tert-OH is 1. The molecule has 5 aliphatic carbocycles. The normalized spacial score (nSPS) is 44.5. The highest BCUT2D eigenvalue weighted by atomic mass is 16.3. The number of hydrogen-bond donors (Lipinski definition) is 2. The zero-order valence-corrected chi connectivity index (χ0v) is 29.2. The Morgan fingerprint density at radius 1 is 0.837 bits per heavy atom. The van der Waals surface area contributed by atoms with Crippen LogP contribution in [0.5, 0.6) is 0 Å². The number of fused-ring (bicyclic) bond motifs is 6. The van der Waals surface area contributed by atoms with Crippen molar-refractivity contribution in [3.8, 4) is 0 Å². The van der Waals surface area contributed by atoms with Gasteiger partial charge in [0.2, 0.25) is 5.91 Å². The Bertz CT molecular complexity index is 1120. The second kappa shape index (κ2) is 10.8. The number of nitrogens with zero attached hydrogens (tertiary/aromatic N) is 2. The molecule has 5 nitrogen and oxygen atoms in total. The molecule has 0 radical (unpaired) electrons. The molecule has 6 aliphatic rings. The summed E-state index contributed by atoms with van der Waals surface area (Å²) in [5.74, 6) is 1.62. The summed E-state index contributed by atoms with van der Waals surface area (Å²) in [4.78, 5) is 19.3. The lowest BCUT2D eigenvalue weighted by molar-refractivity contribution is -0.204. The van der Waals surface area contributed by atoms with Gasteiger partial charge in [0.25, 0.3) is 0 Å². The number of nitrogens with one attached hydrogen (secondary N) is 1. The number of piperazine rings is 1. The van der Waals surface area contributed by atoms with Gasteiger partial charge in [0.05, 0.1) is 11.5 Å². The molecule has 0 aromatic rings. The summed E-state index contributed by atoms with van der Waals surface area (Å²) in [7, 11) is 2.21. The van der Waals surface area contributed by atoms with E-state index in [9.17, 15) is 9.90 Å². The molecule has 2 N–H and O–H groups in total. The first-order valence-corrected chi connectivity index (χ1v) is 18.2. The van der Waals surface area contributed by atoms with E-state index >= 15 is 0 Å². The average molecular weight is 596 g/mol. The number of carbonyl (C=O) groups is 1. The van der Waals surface area contributed by atoms with Crippen molar-refractivity contribution < 1.29 is 9.90 Å². The summed E-state index contributed by atoms with van der Waals surface area (Å²) < 4.78 is 0. The molecule has 5 fully saturated rings. The highest BCUT2D eigenvalue weighted by Crippen LogP contribution is 2.75. The molecule has 0 spiro atoms. The van der Waals surface area contributed by atoms with Crippen LogP contribution in [0.3, 0.4) is 0 Å². The molecule has 0 aromatic heterocycles. The number of carbonyl (C=O) groups excluding carboxylic acids is 1. The molecule has 7 atom stereocenters. The molecule has 5 heteroatoms. The van der Waals surface area contributed by atoms with Crippen LogP contribution in [-0.4, -0.2) is 73.2 Å². The Morgan fingerprint density at radius 3 is 2.26 bits per heavy atom. The van der Waals surface area contributed by atoms with E-state index in [1.165, 1.54) is 25.7 Å². The van der Waals surface area contributed by atoms with Gasteiger partial charge in [-0.1, -0.05) is 59.6 Å². The molecular formula is C38H65N3O2. The van der Waals surface area contributed by atoms with Crippen LogP contribution in [0.15, 0.2) is 11.1 Å². The highest BCUT2D eigenvalue weighted by molar-refractivity contribution is 5.87. The monoisotopic (exact) mass is 596 g/mol. The van der Waals surface area contributed by atoms with Crippen molar-refractivity contribution in [2.75, 3.05) is 46.3 Å². The number of hydrogen-bond acceptors (Lipinski definition) is 4. The van der Waals surface area contributed by atoms with E-state index in [2.05, 4.69) is 70.6 Å². The maximum atomic E-state index is 14.4. The second-order valence-electron chi connectivity index (χ2n) is 18.4. The largest absolute Gasteiger partial charge is 0.393 e. The summed E-state index contributed by atoms with van der Waals surface area (Å²) in [6, 6.07) is 0. The fourth-order valence-electron chi connectivity index (χ4n) is 12.4. The summed E-state index contributed by atoms with van der Waals surface area (Å²) in [6.45, 7) is 24.0. The van der Waals surface area contributed by atoms with E-state index in [1.54, 1.807) is 11.1 Å². The van der Waals surface area contributed by atoms with Crippen molar-refractivity contribution in [1.29, 1.82) is 0 Å². The molecule has 43 heavy (non-hydrogen) atoms. The van der Waals surface area contributed by atoms with Gasteiger partial charge in [-0.15, -0.1) is 0 Å². The standard InChI is InChI=1S/C38H65N3O2/c1-33(2)16-18-38(32(43)39-20-9-21-41-24-22-40(8)23-25-41)19-17-36(6)27(28(38)26-33)10-11-30-35(5)14-13-31(42)34(3,4)29(35)12-15-37(30,36)7/h29-31,42H,9-26H2,1-8H3,(H,39,43)/t29-,30+,31-,35-,36+,37+,38-/m0/s1. The van der Waals surface area contributed by atoms with Gasteiger partial charge in [-0.2, -0.15) is 0 Å². The smallest absolute Gasteiger partial charge is 0.230 e.